The quantitative estimate of drug-likeness (QED) is 0.488. The maximum absolute atomic E-state index is 9.69. The number of benzene rings is 1. The molecule has 4 heteroatoms. The largest absolute Gasteiger partial charge is 0.273 e. The van der Waals surface area contributed by atoms with Crippen LogP contribution in [0.3, 0.4) is 0 Å². The highest BCUT2D eigenvalue weighted by Gasteiger charge is 1.92. The fourth-order valence-corrected chi connectivity index (χ4v) is 1.39. The van der Waals surface area contributed by atoms with E-state index in [2.05, 4.69) is 26.6 Å². The van der Waals surface area contributed by atoms with Gasteiger partial charge in [0.15, 0.2) is 0 Å². The minimum Gasteiger partial charge on any atom is -0.273 e. The van der Waals surface area contributed by atoms with E-state index >= 15 is 0 Å². The Balaban J connectivity index is 2.46. The summed E-state index contributed by atoms with van der Waals surface area (Å²) < 4.78 is 1.05. The van der Waals surface area contributed by atoms with Gasteiger partial charge in [0, 0.05) is 16.3 Å². The maximum atomic E-state index is 9.69. The van der Waals surface area contributed by atoms with Crippen molar-refractivity contribution in [3.63, 3.8) is 0 Å². The summed E-state index contributed by atoms with van der Waals surface area (Å²) in [5.74, 6) is 0. The molecule has 1 aromatic rings. The van der Waals surface area contributed by atoms with E-state index in [1.807, 2.05) is 24.3 Å². The average molecular weight is 229 g/mol. The Kier molecular flexibility index (Phi) is 3.73. The van der Waals surface area contributed by atoms with Crippen LogP contribution in [-0.2, 0) is 6.42 Å². The molecule has 0 heterocycles. The summed E-state index contributed by atoms with van der Waals surface area (Å²) in [5.41, 5.74) is 3.55. The monoisotopic (exact) mass is 228 g/mol. The lowest BCUT2D eigenvalue weighted by atomic mass is 10.2. The molecule has 0 atom stereocenters. The topological polar surface area (TPSA) is 41.5 Å². The van der Waals surface area contributed by atoms with Crippen LogP contribution in [0, 0.1) is 4.91 Å². The van der Waals surface area contributed by atoms with Gasteiger partial charge < -0.3 is 0 Å². The zero-order valence-corrected chi connectivity index (χ0v) is 8.04. The van der Waals surface area contributed by atoms with Crippen molar-refractivity contribution in [1.82, 2.24) is 5.43 Å². The molecular weight excluding hydrogens is 220 g/mol. The second kappa shape index (κ2) is 4.87. The van der Waals surface area contributed by atoms with Crippen LogP contribution < -0.4 is 5.43 Å². The van der Waals surface area contributed by atoms with E-state index in [1.165, 1.54) is 5.56 Å². The molecule has 0 aliphatic carbocycles. The Morgan fingerprint density at radius 1 is 1.50 bits per heavy atom. The zero-order chi connectivity index (χ0) is 8.81. The van der Waals surface area contributed by atoms with Crippen LogP contribution >= 0.6 is 15.9 Å². The molecule has 0 bridgehead atoms. The molecule has 0 unspecified atom stereocenters. The van der Waals surface area contributed by atoms with Gasteiger partial charge >= 0.3 is 0 Å². The lowest BCUT2D eigenvalue weighted by Gasteiger charge is -1.99. The second-order valence-electron chi connectivity index (χ2n) is 2.38. The number of rotatable bonds is 4. The highest BCUT2D eigenvalue weighted by Crippen LogP contribution is 2.11. The van der Waals surface area contributed by atoms with Crippen LogP contribution in [-0.4, -0.2) is 6.54 Å². The van der Waals surface area contributed by atoms with Crippen LogP contribution in [0.15, 0.2) is 34.0 Å². The normalized spacial score (nSPS) is 9.42. The van der Waals surface area contributed by atoms with E-state index in [-0.39, 0.29) is 0 Å². The molecule has 64 valence electrons. The lowest BCUT2D eigenvalue weighted by Crippen LogP contribution is -2.08. The van der Waals surface area contributed by atoms with Crippen LogP contribution in [0.2, 0.25) is 0 Å². The van der Waals surface area contributed by atoms with Crippen LogP contribution in [0.5, 0.6) is 0 Å². The highest BCUT2D eigenvalue weighted by atomic mass is 79.9. The van der Waals surface area contributed by atoms with Crippen LogP contribution in [0.4, 0.5) is 0 Å². The van der Waals surface area contributed by atoms with Crippen molar-refractivity contribution in [3.8, 4) is 0 Å². The van der Waals surface area contributed by atoms with E-state index in [4.69, 9.17) is 0 Å². The molecule has 12 heavy (non-hydrogen) atoms. The number of hydrogen-bond donors (Lipinski definition) is 1. The summed E-state index contributed by atoms with van der Waals surface area (Å²) in [6.07, 6.45) is 0.811. The number of nitrogens with one attached hydrogen (secondary N) is 1. The first-order chi connectivity index (χ1) is 5.83. The molecule has 1 aromatic carbocycles. The molecule has 3 nitrogen and oxygen atoms in total. The van der Waals surface area contributed by atoms with Crippen molar-refractivity contribution in [3.05, 3.63) is 39.2 Å². The molecular formula is C8H9BrN2O. The Hall–Kier alpha value is -0.900. The summed E-state index contributed by atoms with van der Waals surface area (Å²) >= 11 is 3.37. The van der Waals surface area contributed by atoms with Gasteiger partial charge in [-0.05, 0) is 24.1 Å². The Bertz CT molecular complexity index is 265. The fourth-order valence-electron chi connectivity index (χ4n) is 0.938. The molecule has 0 radical (unpaired) electrons. The van der Waals surface area contributed by atoms with Gasteiger partial charge in [-0.2, -0.15) is 0 Å². The van der Waals surface area contributed by atoms with E-state index in [9.17, 15) is 4.91 Å². The second-order valence-corrected chi connectivity index (χ2v) is 3.29. The molecule has 1 N–H and O–H groups in total. The van der Waals surface area contributed by atoms with E-state index in [0.29, 0.717) is 6.54 Å². The molecule has 0 amide bonds. The van der Waals surface area contributed by atoms with E-state index in [0.717, 1.165) is 10.9 Å². The number of hydrogen-bond acceptors (Lipinski definition) is 2. The Morgan fingerprint density at radius 3 is 3.00 bits per heavy atom. The number of nitrogens with zero attached hydrogens (tertiary/aromatic N) is 1. The predicted octanol–water partition coefficient (Wildman–Crippen LogP) is 2.26. The molecule has 1 rings (SSSR count). The summed E-state index contributed by atoms with van der Waals surface area (Å²) in [7, 11) is 0. The minimum absolute atomic E-state index is 0.583. The first kappa shape index (κ1) is 9.19. The van der Waals surface area contributed by atoms with Crippen LogP contribution in [0.25, 0.3) is 0 Å². The predicted molar refractivity (Wildman–Crippen MR) is 51.6 cm³/mol. The molecule has 0 saturated carbocycles. The smallest absolute Gasteiger partial charge is 0.0496 e. The van der Waals surface area contributed by atoms with Gasteiger partial charge in [-0.15, -0.1) is 4.91 Å². The Morgan fingerprint density at radius 2 is 2.33 bits per heavy atom. The van der Waals surface area contributed by atoms with Gasteiger partial charge in [-0.3, -0.25) is 5.43 Å². The van der Waals surface area contributed by atoms with Crippen LogP contribution in [0.1, 0.15) is 5.56 Å². The molecule has 0 aliphatic rings. The van der Waals surface area contributed by atoms with Gasteiger partial charge in [-0.1, -0.05) is 28.1 Å². The van der Waals surface area contributed by atoms with Crippen molar-refractivity contribution < 1.29 is 0 Å². The summed E-state index contributed by atoms with van der Waals surface area (Å²) in [4.78, 5) is 9.69. The van der Waals surface area contributed by atoms with Crippen molar-refractivity contribution in [2.45, 2.75) is 6.42 Å². The van der Waals surface area contributed by atoms with E-state index in [1.54, 1.807) is 0 Å². The fraction of sp³-hybridized carbons (Fsp3) is 0.250. The van der Waals surface area contributed by atoms with E-state index < -0.39 is 0 Å². The van der Waals surface area contributed by atoms with Crippen molar-refractivity contribution in [2.24, 2.45) is 5.29 Å². The third kappa shape index (κ3) is 3.00. The van der Waals surface area contributed by atoms with Gasteiger partial charge in [0.25, 0.3) is 0 Å². The SMILES string of the molecule is O=NNCCc1cccc(Br)c1. The molecule has 0 aliphatic heterocycles. The van der Waals surface area contributed by atoms with Gasteiger partial charge in [-0.25, -0.2) is 0 Å². The average Bonchev–Trinajstić information content (AvgIpc) is 2.05. The van der Waals surface area contributed by atoms with Gasteiger partial charge in [0.1, 0.15) is 0 Å². The molecule has 0 spiro atoms. The van der Waals surface area contributed by atoms with Gasteiger partial charge in [0.05, 0.1) is 0 Å². The molecule has 0 aromatic heterocycles. The standard InChI is InChI=1S/C8H9BrN2O/c9-8-3-1-2-7(6-8)4-5-10-11-12/h1-3,6H,4-5H2,(H,10,12). The first-order valence-corrected chi connectivity index (χ1v) is 4.42. The number of nitroso groups, excluding NO2 is 1. The zero-order valence-electron chi connectivity index (χ0n) is 6.46. The molecule has 0 fully saturated rings. The van der Waals surface area contributed by atoms with Crippen molar-refractivity contribution >= 4 is 15.9 Å². The summed E-state index contributed by atoms with van der Waals surface area (Å²) in [6, 6.07) is 7.96. The lowest BCUT2D eigenvalue weighted by molar-refractivity contribution is 0.724. The van der Waals surface area contributed by atoms with Gasteiger partial charge in [0.2, 0.25) is 0 Å². The highest BCUT2D eigenvalue weighted by molar-refractivity contribution is 9.10. The minimum atomic E-state index is 0.583. The molecule has 0 saturated heterocycles. The summed E-state index contributed by atoms with van der Waals surface area (Å²) in [6.45, 7) is 0.583. The third-order valence-electron chi connectivity index (χ3n) is 1.48. The maximum Gasteiger partial charge on any atom is 0.0496 e. The first-order valence-electron chi connectivity index (χ1n) is 3.62. The summed E-state index contributed by atoms with van der Waals surface area (Å²) in [5, 5.41) is 2.56. The van der Waals surface area contributed by atoms with Crippen molar-refractivity contribution in [1.29, 1.82) is 0 Å². The van der Waals surface area contributed by atoms with Crippen molar-refractivity contribution in [2.75, 3.05) is 6.54 Å². The number of halogens is 1. The Labute approximate surface area is 79.2 Å². The third-order valence-corrected chi connectivity index (χ3v) is 1.97.